The van der Waals surface area contributed by atoms with Gasteiger partial charge in [0.15, 0.2) is 0 Å². The number of fused-ring (bicyclic) bond motifs is 1. The summed E-state index contributed by atoms with van der Waals surface area (Å²) in [5.74, 6) is -0.869. The van der Waals surface area contributed by atoms with Gasteiger partial charge in [-0.3, -0.25) is 0 Å². The van der Waals surface area contributed by atoms with Gasteiger partial charge in [-0.2, -0.15) is 4.39 Å². The smallest absolute Gasteiger partial charge is 0.338 e. The number of benzene rings is 1. The van der Waals surface area contributed by atoms with E-state index < -0.39 is 11.9 Å². The van der Waals surface area contributed by atoms with Crippen LogP contribution in [0, 0.1) is 5.95 Å². The maximum absolute atomic E-state index is 13.5. The molecule has 0 radical (unpaired) electrons. The zero-order valence-corrected chi connectivity index (χ0v) is 9.36. The highest BCUT2D eigenvalue weighted by Crippen LogP contribution is 2.29. The Balaban J connectivity index is 2.75. The minimum atomic E-state index is -0.629. The van der Waals surface area contributed by atoms with Gasteiger partial charge in [-0.25, -0.2) is 9.78 Å². The highest BCUT2D eigenvalue weighted by molar-refractivity contribution is 5.98. The summed E-state index contributed by atoms with van der Waals surface area (Å²) in [4.78, 5) is 15.0. The first kappa shape index (κ1) is 11.3. The molecule has 0 atom stereocenters. The molecule has 0 spiro atoms. The van der Waals surface area contributed by atoms with Gasteiger partial charge in [-0.05, 0) is 23.6 Å². The Morgan fingerprint density at radius 3 is 2.76 bits per heavy atom. The molecule has 0 amide bonds. The quantitative estimate of drug-likeness (QED) is 0.591. The molecule has 2 rings (SSSR count). The van der Waals surface area contributed by atoms with E-state index in [-0.39, 0.29) is 11.1 Å². The van der Waals surface area contributed by atoms with Gasteiger partial charge in [0.25, 0.3) is 0 Å². The Morgan fingerprint density at radius 1 is 1.35 bits per heavy atom. The number of methoxy groups -OCH3 is 2. The van der Waals surface area contributed by atoms with Crippen LogP contribution in [0.25, 0.3) is 10.8 Å². The first-order valence-corrected chi connectivity index (χ1v) is 4.88. The summed E-state index contributed by atoms with van der Waals surface area (Å²) in [5.41, 5.74) is 0.308. The maximum atomic E-state index is 13.5. The van der Waals surface area contributed by atoms with Crippen molar-refractivity contribution in [1.82, 2.24) is 4.98 Å². The van der Waals surface area contributed by atoms with E-state index in [0.717, 1.165) is 0 Å². The zero-order valence-electron chi connectivity index (χ0n) is 9.36. The van der Waals surface area contributed by atoms with Crippen LogP contribution in [-0.4, -0.2) is 25.2 Å². The van der Waals surface area contributed by atoms with Gasteiger partial charge >= 0.3 is 5.97 Å². The van der Waals surface area contributed by atoms with E-state index in [1.54, 1.807) is 6.07 Å². The van der Waals surface area contributed by atoms with Crippen LogP contribution in [0.3, 0.4) is 0 Å². The number of hydrogen-bond acceptors (Lipinski definition) is 4. The van der Waals surface area contributed by atoms with Gasteiger partial charge in [0, 0.05) is 6.20 Å². The van der Waals surface area contributed by atoms with E-state index in [9.17, 15) is 9.18 Å². The normalized spacial score (nSPS) is 10.3. The number of ether oxygens (including phenoxy) is 2. The van der Waals surface area contributed by atoms with Crippen molar-refractivity contribution < 1.29 is 18.7 Å². The molecule has 0 aliphatic rings. The highest BCUT2D eigenvalue weighted by Gasteiger charge is 2.14. The van der Waals surface area contributed by atoms with Crippen LogP contribution in [-0.2, 0) is 4.74 Å². The van der Waals surface area contributed by atoms with Crippen LogP contribution in [0.15, 0.2) is 24.4 Å². The maximum Gasteiger partial charge on any atom is 0.338 e. The molecule has 0 aliphatic heterocycles. The van der Waals surface area contributed by atoms with Crippen LogP contribution in [0.5, 0.6) is 5.75 Å². The van der Waals surface area contributed by atoms with Gasteiger partial charge in [-0.1, -0.05) is 0 Å². The number of carbonyl (C=O) groups excluding carboxylic acids is 1. The topological polar surface area (TPSA) is 48.4 Å². The van der Waals surface area contributed by atoms with Crippen LogP contribution >= 0.6 is 0 Å². The first-order valence-electron chi connectivity index (χ1n) is 4.88. The number of carbonyl (C=O) groups is 1. The molecule has 0 fully saturated rings. The molecule has 0 N–H and O–H groups in total. The van der Waals surface area contributed by atoms with Crippen molar-refractivity contribution in [3.63, 3.8) is 0 Å². The number of rotatable bonds is 2. The van der Waals surface area contributed by atoms with Crippen molar-refractivity contribution in [2.45, 2.75) is 0 Å². The predicted molar refractivity (Wildman–Crippen MR) is 59.6 cm³/mol. The fraction of sp³-hybridized carbons (Fsp3) is 0.167. The van der Waals surface area contributed by atoms with Crippen molar-refractivity contribution in [2.24, 2.45) is 0 Å². The van der Waals surface area contributed by atoms with E-state index in [2.05, 4.69) is 9.72 Å². The molecule has 5 heteroatoms. The van der Waals surface area contributed by atoms with Crippen LogP contribution in [0.2, 0.25) is 0 Å². The largest absolute Gasteiger partial charge is 0.496 e. The van der Waals surface area contributed by atoms with Gasteiger partial charge in [-0.15, -0.1) is 0 Å². The molecule has 0 bridgehead atoms. The van der Waals surface area contributed by atoms with E-state index in [0.29, 0.717) is 10.9 Å². The van der Waals surface area contributed by atoms with E-state index in [1.165, 1.54) is 32.5 Å². The third-order valence-electron chi connectivity index (χ3n) is 2.42. The third-order valence-corrected chi connectivity index (χ3v) is 2.42. The number of pyridine rings is 1. The summed E-state index contributed by atoms with van der Waals surface area (Å²) in [6, 6.07) is 4.57. The molecule has 4 nitrogen and oxygen atoms in total. The molecule has 0 saturated carbocycles. The van der Waals surface area contributed by atoms with Gasteiger partial charge in [0.1, 0.15) is 5.75 Å². The summed E-state index contributed by atoms with van der Waals surface area (Å²) in [5, 5.41) is 0.792. The minimum absolute atomic E-state index is 0.252. The summed E-state index contributed by atoms with van der Waals surface area (Å²) >= 11 is 0. The van der Waals surface area contributed by atoms with Crippen molar-refractivity contribution >= 4 is 16.7 Å². The fourth-order valence-corrected chi connectivity index (χ4v) is 1.63. The molecule has 0 aliphatic carbocycles. The second kappa shape index (κ2) is 4.37. The lowest BCUT2D eigenvalue weighted by Crippen LogP contribution is -2.02. The Hall–Kier alpha value is -2.17. The first-order chi connectivity index (χ1) is 8.17. The summed E-state index contributed by atoms with van der Waals surface area (Å²) in [6.45, 7) is 0. The molecule has 1 heterocycles. The monoisotopic (exact) mass is 235 g/mol. The summed E-state index contributed by atoms with van der Waals surface area (Å²) < 4.78 is 23.2. The number of nitrogens with zero attached hydrogens (tertiary/aromatic N) is 1. The Labute approximate surface area is 97.0 Å². The molecule has 88 valence electrons. The Morgan fingerprint density at radius 2 is 2.12 bits per heavy atom. The van der Waals surface area contributed by atoms with Crippen molar-refractivity contribution in [1.29, 1.82) is 0 Å². The average Bonchev–Trinajstić information content (AvgIpc) is 2.36. The average molecular weight is 235 g/mol. The summed E-state index contributed by atoms with van der Waals surface area (Å²) in [6.07, 6.45) is 1.33. The SMILES string of the molecule is COC(=O)c1cc(OC)c2c(F)nccc2c1. The molecular formula is C12H10FNO3. The number of hydrogen-bond donors (Lipinski definition) is 0. The zero-order chi connectivity index (χ0) is 12.4. The lowest BCUT2D eigenvalue weighted by Gasteiger charge is -2.08. The molecular weight excluding hydrogens is 225 g/mol. The van der Waals surface area contributed by atoms with E-state index >= 15 is 0 Å². The van der Waals surface area contributed by atoms with Crippen LogP contribution in [0.1, 0.15) is 10.4 Å². The van der Waals surface area contributed by atoms with Gasteiger partial charge in [0.2, 0.25) is 5.95 Å². The summed E-state index contributed by atoms with van der Waals surface area (Å²) in [7, 11) is 2.69. The second-order valence-electron chi connectivity index (χ2n) is 3.37. The van der Waals surface area contributed by atoms with E-state index in [4.69, 9.17) is 4.74 Å². The van der Waals surface area contributed by atoms with Crippen molar-refractivity contribution in [3.05, 3.63) is 35.9 Å². The minimum Gasteiger partial charge on any atom is -0.496 e. The lowest BCUT2D eigenvalue weighted by molar-refractivity contribution is 0.0600. The highest BCUT2D eigenvalue weighted by atomic mass is 19.1. The Bertz CT molecular complexity index is 583. The molecule has 17 heavy (non-hydrogen) atoms. The number of aromatic nitrogens is 1. The Kier molecular flexibility index (Phi) is 2.91. The predicted octanol–water partition coefficient (Wildman–Crippen LogP) is 2.17. The number of halogens is 1. The second-order valence-corrected chi connectivity index (χ2v) is 3.37. The lowest BCUT2D eigenvalue weighted by atomic mass is 10.1. The van der Waals surface area contributed by atoms with Gasteiger partial charge in [0.05, 0.1) is 25.2 Å². The molecule has 0 unspecified atom stereocenters. The molecule has 1 aromatic heterocycles. The molecule has 0 saturated heterocycles. The van der Waals surface area contributed by atoms with Gasteiger partial charge < -0.3 is 9.47 Å². The third kappa shape index (κ3) is 1.91. The molecule has 2 aromatic rings. The van der Waals surface area contributed by atoms with Crippen molar-refractivity contribution in [2.75, 3.05) is 14.2 Å². The standard InChI is InChI=1S/C12H10FNO3/c1-16-9-6-8(12(15)17-2)5-7-3-4-14-11(13)10(7)9/h3-6H,1-2H3. The fourth-order valence-electron chi connectivity index (χ4n) is 1.63. The van der Waals surface area contributed by atoms with Crippen LogP contribution in [0.4, 0.5) is 4.39 Å². The molecule has 1 aromatic carbocycles. The number of esters is 1. The van der Waals surface area contributed by atoms with Crippen LogP contribution < -0.4 is 4.74 Å². The van der Waals surface area contributed by atoms with Crippen molar-refractivity contribution in [3.8, 4) is 5.75 Å². The van der Waals surface area contributed by atoms with E-state index in [1.807, 2.05) is 0 Å².